The molecular weight excluding hydrogens is 325 g/mol. The minimum Gasteiger partial charge on any atom is -0.491 e. The quantitative estimate of drug-likeness (QED) is 0.451. The molecule has 0 saturated heterocycles. The first-order valence-electron chi connectivity index (χ1n) is 8.82. The molecule has 0 aliphatic heterocycles. The van der Waals surface area contributed by atoms with Crippen molar-refractivity contribution < 1.29 is 23.8 Å². The van der Waals surface area contributed by atoms with Crippen LogP contribution < -0.4 is 5.32 Å². The summed E-state index contributed by atoms with van der Waals surface area (Å²) in [5.74, 6) is 0.608. The number of carbonyl (C=O) groups is 1. The van der Waals surface area contributed by atoms with Gasteiger partial charge in [-0.2, -0.15) is 0 Å². The molecule has 0 radical (unpaired) electrons. The Morgan fingerprint density at radius 1 is 1.36 bits per heavy atom. The summed E-state index contributed by atoms with van der Waals surface area (Å²) in [6, 6.07) is -0.127. The van der Waals surface area contributed by atoms with Crippen molar-refractivity contribution in [3.05, 3.63) is 23.0 Å². The van der Waals surface area contributed by atoms with E-state index in [1.807, 2.05) is 40.7 Å². The normalized spacial score (nSPS) is 14.6. The Labute approximate surface area is 151 Å². The fourth-order valence-electron chi connectivity index (χ4n) is 2.18. The molecule has 1 atom stereocenters. The second-order valence-corrected chi connectivity index (χ2v) is 7.03. The van der Waals surface area contributed by atoms with E-state index in [9.17, 15) is 9.18 Å². The molecule has 0 bridgehead atoms. The minimum absolute atomic E-state index is 0.0976. The highest BCUT2D eigenvalue weighted by Gasteiger charge is 2.18. The van der Waals surface area contributed by atoms with E-state index in [1.54, 1.807) is 6.92 Å². The van der Waals surface area contributed by atoms with E-state index in [1.165, 1.54) is 0 Å². The van der Waals surface area contributed by atoms with Gasteiger partial charge in [0, 0.05) is 6.04 Å². The van der Waals surface area contributed by atoms with Gasteiger partial charge in [0.2, 0.25) is 0 Å². The van der Waals surface area contributed by atoms with Crippen molar-refractivity contribution in [1.29, 1.82) is 0 Å². The molecule has 5 nitrogen and oxygen atoms in total. The highest BCUT2D eigenvalue weighted by atomic mass is 19.1. The van der Waals surface area contributed by atoms with E-state index >= 15 is 0 Å². The Morgan fingerprint density at radius 2 is 2.00 bits per heavy atom. The number of amides is 1. The fourth-order valence-corrected chi connectivity index (χ4v) is 2.18. The topological polar surface area (TPSA) is 67.8 Å². The van der Waals surface area contributed by atoms with Gasteiger partial charge in [-0.1, -0.05) is 6.92 Å². The first kappa shape index (κ1) is 23.4. The smallest absolute Gasteiger partial charge is 0.407 e. The highest BCUT2D eigenvalue weighted by molar-refractivity contribution is 5.68. The maximum Gasteiger partial charge on any atom is 0.407 e. The van der Waals surface area contributed by atoms with E-state index in [4.69, 9.17) is 14.6 Å². The molecule has 146 valence electrons. The number of nitrogens with one attached hydrogen (secondary N) is 1. The predicted molar refractivity (Wildman–Crippen MR) is 98.2 cm³/mol. The first-order valence-corrected chi connectivity index (χ1v) is 8.82. The number of aliphatic hydroxyl groups excluding tert-OH is 1. The standard InChI is InChI=1S/C19H34FNO4/c1-7-8-17(24-12-11-22)16(14(2)13-20)10-9-15(3)21-18(23)25-19(4,5)6/h8,15,22H,7,9-13H2,1-6H3,(H,21,23)/b16-14+,17-8+. The lowest BCUT2D eigenvalue weighted by Crippen LogP contribution is -2.37. The number of allylic oxidation sites excluding steroid dienone is 3. The number of carbonyl (C=O) groups excluding carboxylic acids is 1. The van der Waals surface area contributed by atoms with Crippen molar-refractivity contribution in [1.82, 2.24) is 5.32 Å². The van der Waals surface area contributed by atoms with Crippen LogP contribution in [-0.4, -0.2) is 42.7 Å². The lowest BCUT2D eigenvalue weighted by molar-refractivity contribution is 0.0506. The summed E-state index contributed by atoms with van der Waals surface area (Å²) >= 11 is 0. The van der Waals surface area contributed by atoms with Gasteiger partial charge in [-0.05, 0) is 71.1 Å². The van der Waals surface area contributed by atoms with Gasteiger partial charge in [0.05, 0.1) is 6.61 Å². The molecule has 6 heteroatoms. The van der Waals surface area contributed by atoms with Crippen LogP contribution in [0.2, 0.25) is 0 Å². The third-order valence-electron chi connectivity index (χ3n) is 3.34. The zero-order valence-electron chi connectivity index (χ0n) is 16.4. The number of alkyl halides is 1. The molecule has 0 spiro atoms. The van der Waals surface area contributed by atoms with Crippen molar-refractivity contribution in [2.24, 2.45) is 0 Å². The monoisotopic (exact) mass is 359 g/mol. The van der Waals surface area contributed by atoms with Gasteiger partial charge in [-0.25, -0.2) is 9.18 Å². The summed E-state index contributed by atoms with van der Waals surface area (Å²) in [6.45, 7) is 10.5. The molecule has 0 rings (SSSR count). The molecule has 1 unspecified atom stereocenters. The van der Waals surface area contributed by atoms with Crippen molar-refractivity contribution in [2.75, 3.05) is 19.9 Å². The Morgan fingerprint density at radius 3 is 2.48 bits per heavy atom. The number of halogens is 1. The van der Waals surface area contributed by atoms with Crippen molar-refractivity contribution in [3.8, 4) is 0 Å². The molecule has 0 aromatic carbocycles. The summed E-state index contributed by atoms with van der Waals surface area (Å²) in [4.78, 5) is 11.8. The molecule has 0 aromatic rings. The van der Waals surface area contributed by atoms with Crippen LogP contribution in [0, 0.1) is 0 Å². The van der Waals surface area contributed by atoms with Crippen LogP contribution in [0.15, 0.2) is 23.0 Å². The molecule has 1 amide bonds. The van der Waals surface area contributed by atoms with Gasteiger partial charge in [-0.15, -0.1) is 0 Å². The molecular formula is C19H34FNO4. The molecule has 25 heavy (non-hydrogen) atoms. The number of ether oxygens (including phenoxy) is 2. The van der Waals surface area contributed by atoms with Crippen LogP contribution in [-0.2, 0) is 9.47 Å². The molecule has 0 fully saturated rings. The average molecular weight is 359 g/mol. The Balaban J connectivity index is 4.89. The van der Waals surface area contributed by atoms with Crippen molar-refractivity contribution in [3.63, 3.8) is 0 Å². The highest BCUT2D eigenvalue weighted by Crippen LogP contribution is 2.23. The molecule has 0 saturated carbocycles. The lowest BCUT2D eigenvalue weighted by Gasteiger charge is -2.22. The zero-order valence-corrected chi connectivity index (χ0v) is 16.4. The summed E-state index contributed by atoms with van der Waals surface area (Å²) in [6.07, 6.45) is 3.35. The van der Waals surface area contributed by atoms with Crippen molar-refractivity contribution in [2.45, 2.75) is 72.4 Å². The van der Waals surface area contributed by atoms with Crippen molar-refractivity contribution >= 4 is 6.09 Å². The number of rotatable bonds is 10. The molecule has 0 heterocycles. The third kappa shape index (κ3) is 10.8. The summed E-state index contributed by atoms with van der Waals surface area (Å²) in [5, 5.41) is 11.8. The Hall–Kier alpha value is -1.56. The van der Waals surface area contributed by atoms with Gasteiger partial charge < -0.3 is 19.9 Å². The molecule has 0 aromatic heterocycles. The van der Waals surface area contributed by atoms with E-state index in [0.29, 0.717) is 24.2 Å². The largest absolute Gasteiger partial charge is 0.491 e. The van der Waals surface area contributed by atoms with E-state index in [2.05, 4.69) is 5.32 Å². The van der Waals surface area contributed by atoms with Gasteiger partial charge >= 0.3 is 6.09 Å². The van der Waals surface area contributed by atoms with Crippen LogP contribution in [0.3, 0.4) is 0 Å². The molecule has 0 aliphatic rings. The van der Waals surface area contributed by atoms with E-state index < -0.39 is 18.4 Å². The lowest BCUT2D eigenvalue weighted by atomic mass is 9.99. The first-order chi connectivity index (χ1) is 11.6. The molecule has 2 N–H and O–H groups in total. The number of hydrogen-bond donors (Lipinski definition) is 2. The summed E-state index contributed by atoms with van der Waals surface area (Å²) < 4.78 is 24.0. The summed E-state index contributed by atoms with van der Waals surface area (Å²) in [5.41, 5.74) is 0.840. The second kappa shape index (κ2) is 11.9. The van der Waals surface area contributed by atoms with Crippen LogP contribution in [0.4, 0.5) is 9.18 Å². The SMILES string of the molecule is CC/C=C(OCCO)\C(CCC(C)NC(=O)OC(C)(C)C)=C(/C)CF. The number of hydrogen-bond acceptors (Lipinski definition) is 4. The van der Waals surface area contributed by atoms with E-state index in [0.717, 1.165) is 12.0 Å². The summed E-state index contributed by atoms with van der Waals surface area (Å²) in [7, 11) is 0. The zero-order chi connectivity index (χ0) is 19.5. The van der Waals surface area contributed by atoms with Crippen LogP contribution in [0.5, 0.6) is 0 Å². The van der Waals surface area contributed by atoms with Crippen LogP contribution in [0.25, 0.3) is 0 Å². The van der Waals surface area contributed by atoms with Crippen LogP contribution >= 0.6 is 0 Å². The Bertz CT molecular complexity index is 467. The maximum atomic E-state index is 13.2. The van der Waals surface area contributed by atoms with Gasteiger partial charge in [-0.3, -0.25) is 0 Å². The average Bonchev–Trinajstić information content (AvgIpc) is 2.50. The van der Waals surface area contributed by atoms with Crippen LogP contribution in [0.1, 0.15) is 60.8 Å². The van der Waals surface area contributed by atoms with Gasteiger partial charge in [0.25, 0.3) is 0 Å². The van der Waals surface area contributed by atoms with E-state index in [-0.39, 0.29) is 19.3 Å². The second-order valence-electron chi connectivity index (χ2n) is 7.03. The predicted octanol–water partition coefficient (Wildman–Crippen LogP) is 4.27. The number of alkyl carbamates (subject to hydrolysis) is 1. The minimum atomic E-state index is -0.563. The Kier molecular flexibility index (Phi) is 11.2. The number of aliphatic hydroxyl groups is 1. The molecule has 0 aliphatic carbocycles. The fraction of sp³-hybridized carbons (Fsp3) is 0.737. The third-order valence-corrected chi connectivity index (χ3v) is 3.34. The maximum absolute atomic E-state index is 13.2. The van der Waals surface area contributed by atoms with Gasteiger partial charge in [0.1, 0.15) is 24.6 Å². The van der Waals surface area contributed by atoms with Gasteiger partial charge in [0.15, 0.2) is 0 Å².